The molecular weight excluding hydrogens is 180 g/mol. The van der Waals surface area contributed by atoms with E-state index in [-0.39, 0.29) is 12.1 Å². The fraction of sp³-hybridized carbons (Fsp3) is 0.364. The van der Waals surface area contributed by atoms with Crippen molar-refractivity contribution < 1.29 is 14.6 Å². The van der Waals surface area contributed by atoms with Gasteiger partial charge >= 0.3 is 5.97 Å². The number of ether oxygens (including phenoxy) is 1. The zero-order valence-electron chi connectivity index (χ0n) is 8.36. The lowest BCUT2D eigenvalue weighted by Gasteiger charge is -2.04. The Morgan fingerprint density at radius 1 is 1.43 bits per heavy atom. The molecule has 76 valence electrons. The number of esters is 1. The van der Waals surface area contributed by atoms with Crippen LogP contribution >= 0.6 is 0 Å². The molecule has 0 saturated carbocycles. The summed E-state index contributed by atoms with van der Waals surface area (Å²) in [4.78, 5) is 11.1. The van der Waals surface area contributed by atoms with Crippen LogP contribution < -0.4 is 0 Å². The van der Waals surface area contributed by atoms with E-state index in [1.807, 2.05) is 12.1 Å². The van der Waals surface area contributed by atoms with E-state index in [9.17, 15) is 4.79 Å². The molecule has 0 aliphatic carbocycles. The van der Waals surface area contributed by atoms with Crippen LogP contribution in [0.5, 0.6) is 0 Å². The van der Waals surface area contributed by atoms with E-state index in [0.29, 0.717) is 12.0 Å². The van der Waals surface area contributed by atoms with Crippen molar-refractivity contribution in [3.05, 3.63) is 35.4 Å². The van der Waals surface area contributed by atoms with Crippen LogP contribution in [-0.2, 0) is 11.2 Å². The van der Waals surface area contributed by atoms with Gasteiger partial charge in [0.2, 0.25) is 0 Å². The third kappa shape index (κ3) is 2.85. The van der Waals surface area contributed by atoms with E-state index in [1.165, 1.54) is 7.11 Å². The Kier molecular flexibility index (Phi) is 3.65. The largest absolute Gasteiger partial charge is 0.465 e. The zero-order chi connectivity index (χ0) is 10.6. The van der Waals surface area contributed by atoms with Gasteiger partial charge in [0.05, 0.1) is 18.8 Å². The first kappa shape index (κ1) is 10.7. The molecule has 0 amide bonds. The molecule has 1 atom stereocenters. The zero-order valence-corrected chi connectivity index (χ0v) is 8.36. The summed E-state index contributed by atoms with van der Waals surface area (Å²) in [5, 5.41) is 9.14. The van der Waals surface area contributed by atoms with Crippen molar-refractivity contribution in [1.82, 2.24) is 0 Å². The summed E-state index contributed by atoms with van der Waals surface area (Å²) in [6.45, 7) is 1.73. The normalized spacial score (nSPS) is 12.2. The van der Waals surface area contributed by atoms with Gasteiger partial charge in [-0.05, 0) is 31.0 Å². The molecular formula is C11H14O3. The molecule has 0 heterocycles. The lowest BCUT2D eigenvalue weighted by molar-refractivity contribution is 0.0601. The molecule has 0 aliphatic rings. The lowest BCUT2D eigenvalue weighted by atomic mass is 10.1. The summed E-state index contributed by atoms with van der Waals surface area (Å²) in [6, 6.07) is 7.03. The molecule has 14 heavy (non-hydrogen) atoms. The van der Waals surface area contributed by atoms with Gasteiger partial charge in [0.1, 0.15) is 0 Å². The summed E-state index contributed by atoms with van der Waals surface area (Å²) >= 11 is 0. The second-order valence-corrected chi connectivity index (χ2v) is 3.24. The first-order valence-corrected chi connectivity index (χ1v) is 4.49. The molecule has 1 N–H and O–H groups in total. The van der Waals surface area contributed by atoms with Crippen LogP contribution in [0.4, 0.5) is 0 Å². The van der Waals surface area contributed by atoms with Crippen LogP contribution in [0, 0.1) is 0 Å². The molecule has 3 heteroatoms. The number of methoxy groups -OCH3 is 1. The third-order valence-electron chi connectivity index (χ3n) is 1.91. The molecule has 0 radical (unpaired) electrons. The van der Waals surface area contributed by atoms with Gasteiger partial charge in [-0.25, -0.2) is 4.79 Å². The van der Waals surface area contributed by atoms with E-state index >= 15 is 0 Å². The van der Waals surface area contributed by atoms with E-state index in [4.69, 9.17) is 5.11 Å². The van der Waals surface area contributed by atoms with Gasteiger partial charge in [-0.3, -0.25) is 0 Å². The van der Waals surface area contributed by atoms with E-state index in [0.717, 1.165) is 5.56 Å². The minimum atomic E-state index is -0.362. The second-order valence-electron chi connectivity index (χ2n) is 3.24. The van der Waals surface area contributed by atoms with Gasteiger partial charge in [-0.1, -0.05) is 12.1 Å². The van der Waals surface area contributed by atoms with Crippen molar-refractivity contribution in [3.63, 3.8) is 0 Å². The van der Waals surface area contributed by atoms with E-state index in [1.54, 1.807) is 19.1 Å². The SMILES string of the molecule is COC(=O)c1ccc(C[C@@H](C)O)cc1. The van der Waals surface area contributed by atoms with E-state index < -0.39 is 0 Å². The molecule has 3 nitrogen and oxygen atoms in total. The van der Waals surface area contributed by atoms with Gasteiger partial charge in [-0.2, -0.15) is 0 Å². The Morgan fingerprint density at radius 2 is 2.00 bits per heavy atom. The first-order chi connectivity index (χ1) is 6.63. The Bertz CT molecular complexity index is 301. The Labute approximate surface area is 83.3 Å². The Balaban J connectivity index is 2.73. The number of aliphatic hydroxyl groups excluding tert-OH is 1. The molecule has 0 aliphatic heterocycles. The van der Waals surface area contributed by atoms with Crippen LogP contribution in [0.2, 0.25) is 0 Å². The summed E-state index contributed by atoms with van der Waals surface area (Å²) in [5.74, 6) is -0.339. The molecule has 0 bridgehead atoms. The van der Waals surface area contributed by atoms with Gasteiger partial charge < -0.3 is 9.84 Å². The molecule has 1 rings (SSSR count). The number of rotatable bonds is 3. The second kappa shape index (κ2) is 4.77. The smallest absolute Gasteiger partial charge is 0.337 e. The predicted molar refractivity (Wildman–Crippen MR) is 53.2 cm³/mol. The van der Waals surface area contributed by atoms with Crippen molar-refractivity contribution >= 4 is 5.97 Å². The minimum Gasteiger partial charge on any atom is -0.465 e. The average molecular weight is 194 g/mol. The number of hydrogen-bond donors (Lipinski definition) is 1. The highest BCUT2D eigenvalue weighted by atomic mass is 16.5. The molecule has 0 spiro atoms. The number of hydrogen-bond acceptors (Lipinski definition) is 3. The molecule has 1 aromatic rings. The fourth-order valence-electron chi connectivity index (χ4n) is 1.24. The molecule has 0 aromatic heterocycles. The fourth-order valence-corrected chi connectivity index (χ4v) is 1.24. The van der Waals surface area contributed by atoms with Crippen LogP contribution in [0.3, 0.4) is 0 Å². The summed E-state index contributed by atoms with van der Waals surface area (Å²) in [6.07, 6.45) is 0.237. The minimum absolute atomic E-state index is 0.339. The highest BCUT2D eigenvalue weighted by Crippen LogP contribution is 2.07. The van der Waals surface area contributed by atoms with Gasteiger partial charge in [-0.15, -0.1) is 0 Å². The molecule has 0 saturated heterocycles. The summed E-state index contributed by atoms with van der Waals surface area (Å²) in [7, 11) is 1.35. The molecule has 0 fully saturated rings. The van der Waals surface area contributed by atoms with Crippen LogP contribution in [-0.4, -0.2) is 24.3 Å². The van der Waals surface area contributed by atoms with Crippen LogP contribution in [0.1, 0.15) is 22.8 Å². The lowest BCUT2D eigenvalue weighted by Crippen LogP contribution is -2.05. The maximum atomic E-state index is 11.1. The highest BCUT2D eigenvalue weighted by molar-refractivity contribution is 5.89. The van der Waals surface area contributed by atoms with E-state index in [2.05, 4.69) is 4.74 Å². The average Bonchev–Trinajstić information content (AvgIpc) is 2.17. The third-order valence-corrected chi connectivity index (χ3v) is 1.91. The van der Waals surface area contributed by atoms with Crippen molar-refractivity contribution in [2.45, 2.75) is 19.4 Å². The predicted octanol–water partition coefficient (Wildman–Crippen LogP) is 1.40. The molecule has 0 unspecified atom stereocenters. The first-order valence-electron chi connectivity index (χ1n) is 4.49. The quantitative estimate of drug-likeness (QED) is 0.740. The Morgan fingerprint density at radius 3 is 2.43 bits per heavy atom. The number of benzene rings is 1. The van der Waals surface area contributed by atoms with Crippen molar-refractivity contribution in [3.8, 4) is 0 Å². The van der Waals surface area contributed by atoms with Crippen molar-refractivity contribution in [2.75, 3.05) is 7.11 Å². The van der Waals surface area contributed by atoms with Crippen LogP contribution in [0.15, 0.2) is 24.3 Å². The van der Waals surface area contributed by atoms with Crippen molar-refractivity contribution in [1.29, 1.82) is 0 Å². The van der Waals surface area contributed by atoms with Gasteiger partial charge in [0.15, 0.2) is 0 Å². The van der Waals surface area contributed by atoms with Gasteiger partial charge in [0.25, 0.3) is 0 Å². The van der Waals surface area contributed by atoms with Crippen molar-refractivity contribution in [2.24, 2.45) is 0 Å². The summed E-state index contributed by atoms with van der Waals surface area (Å²) in [5.41, 5.74) is 1.54. The number of aliphatic hydroxyl groups is 1. The summed E-state index contributed by atoms with van der Waals surface area (Å²) < 4.78 is 4.57. The monoisotopic (exact) mass is 194 g/mol. The number of carbonyl (C=O) groups is 1. The molecule has 1 aromatic carbocycles. The number of carbonyl (C=O) groups excluding carboxylic acids is 1. The maximum absolute atomic E-state index is 11.1. The maximum Gasteiger partial charge on any atom is 0.337 e. The topological polar surface area (TPSA) is 46.5 Å². The van der Waals surface area contributed by atoms with Crippen LogP contribution in [0.25, 0.3) is 0 Å². The standard InChI is InChI=1S/C11H14O3/c1-8(12)7-9-3-5-10(6-4-9)11(13)14-2/h3-6,8,12H,7H2,1-2H3/t8-/m1/s1. The van der Waals surface area contributed by atoms with Gasteiger partial charge in [0, 0.05) is 0 Å². The highest BCUT2D eigenvalue weighted by Gasteiger charge is 2.04. The Hall–Kier alpha value is -1.35.